The van der Waals surface area contributed by atoms with Crippen molar-refractivity contribution in [2.45, 2.75) is 85.5 Å². The van der Waals surface area contributed by atoms with Crippen molar-refractivity contribution in [1.29, 1.82) is 5.26 Å². The maximum absolute atomic E-state index is 12.4. The van der Waals surface area contributed by atoms with Crippen molar-refractivity contribution in [2.75, 3.05) is 6.61 Å². The van der Waals surface area contributed by atoms with E-state index >= 15 is 0 Å². The molecular weight excluding hydrogens is 382 g/mol. The van der Waals surface area contributed by atoms with E-state index in [1.807, 2.05) is 20.8 Å². The zero-order valence-electron chi connectivity index (χ0n) is 17.6. The van der Waals surface area contributed by atoms with E-state index in [1.54, 1.807) is 27.7 Å². The summed E-state index contributed by atoms with van der Waals surface area (Å²) in [6.45, 7) is 13.3. The van der Waals surface area contributed by atoms with E-state index in [-0.39, 0.29) is 28.8 Å². The van der Waals surface area contributed by atoms with Crippen molar-refractivity contribution in [3.05, 3.63) is 0 Å². The van der Waals surface area contributed by atoms with E-state index in [1.165, 1.54) is 11.8 Å². The van der Waals surface area contributed by atoms with Gasteiger partial charge in [-0.25, -0.2) is 0 Å². The zero-order chi connectivity index (χ0) is 21.3. The Morgan fingerprint density at radius 1 is 1.22 bits per heavy atom. The second-order valence-electron chi connectivity index (χ2n) is 8.55. The summed E-state index contributed by atoms with van der Waals surface area (Å²) >= 11 is 6.51. The third-order valence-corrected chi connectivity index (χ3v) is 5.17. The molecule has 2 atom stereocenters. The highest BCUT2D eigenvalue weighted by molar-refractivity contribution is 8.23. The number of nitrogens with zero attached hydrogens (tertiary/aromatic N) is 1. The topological polar surface area (TPSA) is 76.4 Å². The smallest absolute Gasteiger partial charge is 0.311 e. The highest BCUT2D eigenvalue weighted by Crippen LogP contribution is 2.33. The number of ketones is 1. The minimum absolute atomic E-state index is 0.0985. The van der Waals surface area contributed by atoms with E-state index in [0.717, 1.165) is 0 Å². The maximum atomic E-state index is 12.4. The van der Waals surface area contributed by atoms with Gasteiger partial charge in [-0.15, -0.1) is 0 Å². The molecule has 0 radical (unpaired) electrons. The van der Waals surface area contributed by atoms with Crippen LogP contribution in [0.25, 0.3) is 0 Å². The summed E-state index contributed by atoms with van der Waals surface area (Å²) in [5, 5.41) is 9.02. The second kappa shape index (κ2) is 11.7. The Balaban J connectivity index is 5.34. The van der Waals surface area contributed by atoms with Crippen molar-refractivity contribution >= 4 is 40.1 Å². The molecule has 27 heavy (non-hydrogen) atoms. The molecule has 0 fully saturated rings. The summed E-state index contributed by atoms with van der Waals surface area (Å²) in [7, 11) is 0. The highest BCUT2D eigenvalue weighted by atomic mass is 32.2. The number of Topliss-reactive ketones (excluding diaryl/α,β-unsaturated/α-hetero) is 1. The summed E-state index contributed by atoms with van der Waals surface area (Å²) in [6, 6.07) is 2.17. The number of carbonyl (C=O) groups is 2. The van der Waals surface area contributed by atoms with Crippen LogP contribution in [0.4, 0.5) is 0 Å². The second-order valence-corrected chi connectivity index (χ2v) is 10.4. The minimum atomic E-state index is -0.624. The number of hydrogen-bond acceptors (Lipinski definition) is 7. The predicted molar refractivity (Wildman–Crippen MR) is 113 cm³/mol. The van der Waals surface area contributed by atoms with Gasteiger partial charge in [0.25, 0.3) is 0 Å². The molecule has 0 saturated carbocycles. The summed E-state index contributed by atoms with van der Waals surface area (Å²) in [5.41, 5.74) is -0.932. The first-order valence-electron chi connectivity index (χ1n) is 9.21. The lowest BCUT2D eigenvalue weighted by atomic mass is 9.81. The van der Waals surface area contributed by atoms with E-state index in [4.69, 9.17) is 27.0 Å². The molecule has 0 amide bonds. The minimum Gasteiger partial charge on any atom is -0.479 e. The molecule has 0 aromatic heterocycles. The normalized spacial score (nSPS) is 14.0. The summed E-state index contributed by atoms with van der Waals surface area (Å²) in [6.07, 6.45) is 1.30. The molecular formula is C20H33NO4S2. The number of carbonyl (C=O) groups excluding carboxylic acids is 2. The molecule has 2 unspecified atom stereocenters. The van der Waals surface area contributed by atoms with Crippen LogP contribution in [0, 0.1) is 22.2 Å². The van der Waals surface area contributed by atoms with Gasteiger partial charge in [0.15, 0.2) is 0 Å². The van der Waals surface area contributed by atoms with Gasteiger partial charge >= 0.3 is 5.97 Å². The molecule has 5 nitrogen and oxygen atoms in total. The zero-order valence-corrected chi connectivity index (χ0v) is 19.2. The molecule has 0 aliphatic heterocycles. The largest absolute Gasteiger partial charge is 0.479 e. The number of thiocarbonyl (C=S) groups is 1. The van der Waals surface area contributed by atoms with Crippen LogP contribution >= 0.6 is 24.0 Å². The van der Waals surface area contributed by atoms with Gasteiger partial charge in [0, 0.05) is 18.1 Å². The van der Waals surface area contributed by atoms with Gasteiger partial charge in [0.05, 0.1) is 18.1 Å². The third kappa shape index (κ3) is 12.0. The molecule has 0 bridgehead atoms. The fraction of sp³-hybridized carbons (Fsp3) is 0.800. The molecule has 0 spiro atoms. The molecule has 0 aliphatic carbocycles. The fourth-order valence-electron chi connectivity index (χ4n) is 2.72. The number of nitriles is 1. The first-order chi connectivity index (χ1) is 12.3. The maximum Gasteiger partial charge on any atom is 0.311 e. The van der Waals surface area contributed by atoms with Crippen molar-refractivity contribution < 1.29 is 19.1 Å². The Kier molecular flexibility index (Phi) is 11.2. The molecule has 0 aliphatic rings. The van der Waals surface area contributed by atoms with Gasteiger partial charge in [-0.2, -0.15) is 5.26 Å². The molecule has 0 aromatic rings. The molecule has 0 saturated heterocycles. The Hall–Kier alpha value is -1.13. The number of rotatable bonds is 10. The van der Waals surface area contributed by atoms with Crippen LogP contribution in [0.15, 0.2) is 0 Å². The van der Waals surface area contributed by atoms with Crippen LogP contribution in [0.1, 0.15) is 74.1 Å². The number of thioether (sulfide) groups is 1. The first kappa shape index (κ1) is 25.9. The average molecular weight is 416 g/mol. The quantitative estimate of drug-likeness (QED) is 0.364. The van der Waals surface area contributed by atoms with E-state index < -0.39 is 11.5 Å². The van der Waals surface area contributed by atoms with Gasteiger partial charge in [-0.05, 0) is 65.1 Å². The monoisotopic (exact) mass is 415 g/mol. The lowest BCUT2D eigenvalue weighted by Crippen LogP contribution is -2.33. The van der Waals surface area contributed by atoms with Crippen LogP contribution in [0.2, 0.25) is 0 Å². The van der Waals surface area contributed by atoms with E-state index in [9.17, 15) is 9.59 Å². The predicted octanol–water partition coefficient (Wildman–Crippen LogP) is 5.07. The molecule has 7 heteroatoms. The van der Waals surface area contributed by atoms with Crippen molar-refractivity contribution in [3.63, 3.8) is 0 Å². The lowest BCUT2D eigenvalue weighted by Gasteiger charge is -2.32. The Bertz CT molecular complexity index is 561. The number of esters is 1. The van der Waals surface area contributed by atoms with Crippen LogP contribution in [0.5, 0.6) is 0 Å². The van der Waals surface area contributed by atoms with Gasteiger partial charge < -0.3 is 14.3 Å². The van der Waals surface area contributed by atoms with E-state index in [0.29, 0.717) is 30.3 Å². The summed E-state index contributed by atoms with van der Waals surface area (Å²) in [4.78, 5) is 24.0. The lowest BCUT2D eigenvalue weighted by molar-refractivity contribution is -0.160. The fourth-order valence-corrected chi connectivity index (χ4v) is 4.17. The molecule has 0 rings (SSSR count). The summed E-state index contributed by atoms with van der Waals surface area (Å²) in [5.74, 6) is -0.194. The Morgan fingerprint density at radius 3 is 2.26 bits per heavy atom. The van der Waals surface area contributed by atoms with Crippen LogP contribution in [-0.4, -0.2) is 34.1 Å². The molecule has 154 valence electrons. The first-order valence-corrected chi connectivity index (χ1v) is 10.5. The standard InChI is InChI=1S/C20H33NO4S2/c1-8-24-18(26)27-16(9-10-21)11-15(25-17(23)19(3,4)5)13-20(6,7)12-14(2)22/h15-16H,8-9,11-13H2,1-7H3. The van der Waals surface area contributed by atoms with Crippen molar-refractivity contribution in [3.8, 4) is 6.07 Å². The van der Waals surface area contributed by atoms with Crippen LogP contribution < -0.4 is 0 Å². The number of ether oxygens (including phenoxy) is 2. The van der Waals surface area contributed by atoms with Gasteiger partial charge in [-0.1, -0.05) is 25.6 Å². The van der Waals surface area contributed by atoms with Crippen molar-refractivity contribution in [1.82, 2.24) is 0 Å². The van der Waals surface area contributed by atoms with Gasteiger partial charge in [0.1, 0.15) is 11.9 Å². The van der Waals surface area contributed by atoms with Gasteiger partial charge in [0.2, 0.25) is 4.38 Å². The SMILES string of the molecule is CCOC(=S)SC(CC#N)CC(CC(C)(C)CC(C)=O)OC(=O)C(C)(C)C. The summed E-state index contributed by atoms with van der Waals surface area (Å²) < 4.78 is 11.5. The van der Waals surface area contributed by atoms with E-state index in [2.05, 4.69) is 6.07 Å². The third-order valence-electron chi connectivity index (χ3n) is 3.76. The average Bonchev–Trinajstić information content (AvgIpc) is 2.44. The van der Waals surface area contributed by atoms with Crippen molar-refractivity contribution in [2.24, 2.45) is 10.8 Å². The molecule has 0 heterocycles. The van der Waals surface area contributed by atoms with Gasteiger partial charge in [-0.3, -0.25) is 4.79 Å². The Morgan fingerprint density at radius 2 is 1.81 bits per heavy atom. The van der Waals surface area contributed by atoms with Crippen LogP contribution in [0.3, 0.4) is 0 Å². The molecule has 0 N–H and O–H groups in total. The van der Waals surface area contributed by atoms with Crippen LogP contribution in [-0.2, 0) is 19.1 Å². The molecule has 0 aromatic carbocycles. The highest BCUT2D eigenvalue weighted by Gasteiger charge is 2.33. The Labute approximate surface area is 173 Å². The number of hydrogen-bond donors (Lipinski definition) is 0.